The van der Waals surface area contributed by atoms with Crippen molar-refractivity contribution >= 4 is 11.5 Å². The third-order valence-corrected chi connectivity index (χ3v) is 6.24. The van der Waals surface area contributed by atoms with Gasteiger partial charge in [0.15, 0.2) is 0 Å². The van der Waals surface area contributed by atoms with Crippen LogP contribution in [-0.2, 0) is 4.74 Å². The van der Waals surface area contributed by atoms with E-state index in [1.54, 1.807) is 6.07 Å². The van der Waals surface area contributed by atoms with Gasteiger partial charge in [-0.15, -0.1) is 0 Å². The SMILES string of the molecule is COC(=O)c1c(F)cc(-c2ccc(-c3ccc4c(c3)C(c3ccc(C)cc3)=CC(C)(C)O4)[nH]2)cc1F. The fourth-order valence-corrected chi connectivity index (χ4v) is 4.46. The summed E-state index contributed by atoms with van der Waals surface area (Å²) in [6, 6.07) is 20.2. The second kappa shape index (κ2) is 8.79. The quantitative estimate of drug-likeness (QED) is 0.308. The minimum atomic E-state index is -1.05. The van der Waals surface area contributed by atoms with Crippen molar-refractivity contribution in [3.63, 3.8) is 0 Å². The zero-order valence-electron chi connectivity index (χ0n) is 20.4. The van der Waals surface area contributed by atoms with Crippen molar-refractivity contribution in [3.05, 3.63) is 107 Å². The highest BCUT2D eigenvalue weighted by atomic mass is 19.1. The highest BCUT2D eigenvalue weighted by molar-refractivity contribution is 5.91. The van der Waals surface area contributed by atoms with E-state index in [-0.39, 0.29) is 5.56 Å². The number of aryl methyl sites for hydroxylation is 1. The first-order valence-electron chi connectivity index (χ1n) is 11.6. The number of rotatable bonds is 4. The molecule has 0 aliphatic carbocycles. The summed E-state index contributed by atoms with van der Waals surface area (Å²) in [6.07, 6.45) is 2.12. The normalized spacial score (nSPS) is 14.0. The third-order valence-electron chi connectivity index (χ3n) is 6.24. The van der Waals surface area contributed by atoms with Gasteiger partial charge in [0.1, 0.15) is 28.5 Å². The number of esters is 1. The molecule has 0 saturated heterocycles. The molecule has 5 rings (SSSR count). The fourth-order valence-electron chi connectivity index (χ4n) is 4.46. The Morgan fingerprint density at radius 1 is 0.861 bits per heavy atom. The molecule has 1 N–H and O–H groups in total. The molecule has 36 heavy (non-hydrogen) atoms. The molecule has 0 spiro atoms. The highest BCUT2D eigenvalue weighted by Crippen LogP contribution is 2.41. The van der Waals surface area contributed by atoms with Crippen LogP contribution in [0.5, 0.6) is 5.75 Å². The van der Waals surface area contributed by atoms with Gasteiger partial charge in [-0.05, 0) is 86.0 Å². The van der Waals surface area contributed by atoms with Crippen LogP contribution in [0.2, 0.25) is 0 Å². The minimum Gasteiger partial charge on any atom is -0.483 e. The van der Waals surface area contributed by atoms with E-state index in [1.807, 2.05) is 38.1 Å². The molecule has 1 aromatic heterocycles. The molecule has 0 fully saturated rings. The van der Waals surface area contributed by atoms with Gasteiger partial charge in [0.25, 0.3) is 0 Å². The summed E-state index contributed by atoms with van der Waals surface area (Å²) in [4.78, 5) is 14.9. The van der Waals surface area contributed by atoms with Crippen molar-refractivity contribution in [1.82, 2.24) is 4.98 Å². The van der Waals surface area contributed by atoms with Gasteiger partial charge in [-0.2, -0.15) is 0 Å². The molecule has 6 heteroatoms. The predicted molar refractivity (Wildman–Crippen MR) is 136 cm³/mol. The Morgan fingerprint density at radius 2 is 1.47 bits per heavy atom. The van der Waals surface area contributed by atoms with Crippen molar-refractivity contribution < 1.29 is 23.0 Å². The first-order chi connectivity index (χ1) is 17.1. The largest absolute Gasteiger partial charge is 0.483 e. The molecule has 182 valence electrons. The zero-order chi connectivity index (χ0) is 25.6. The average Bonchev–Trinajstić information content (AvgIpc) is 3.33. The number of H-pyrrole nitrogens is 1. The topological polar surface area (TPSA) is 51.3 Å². The van der Waals surface area contributed by atoms with Gasteiger partial charge in [-0.3, -0.25) is 0 Å². The molecule has 0 amide bonds. The maximum Gasteiger partial charge on any atom is 0.343 e. The first-order valence-corrected chi connectivity index (χ1v) is 11.6. The molecule has 3 aromatic carbocycles. The Balaban J connectivity index is 1.53. The van der Waals surface area contributed by atoms with Crippen LogP contribution in [-0.4, -0.2) is 23.7 Å². The summed E-state index contributed by atoms with van der Waals surface area (Å²) in [6.45, 7) is 6.11. The van der Waals surface area contributed by atoms with Gasteiger partial charge in [0.2, 0.25) is 0 Å². The van der Waals surface area contributed by atoms with Gasteiger partial charge in [-0.25, -0.2) is 13.6 Å². The number of hydrogen-bond acceptors (Lipinski definition) is 3. The number of methoxy groups -OCH3 is 1. The standard InChI is InChI=1S/C30H25F2NO3/c1-17-5-7-18(8-6-17)22-16-30(2,3)36-27-12-9-19(13-21(22)27)25-10-11-26(33-25)20-14-23(31)28(24(32)15-20)29(34)35-4/h5-16,33H,1-4H3. The molecule has 0 atom stereocenters. The molecule has 1 aliphatic heterocycles. The summed E-state index contributed by atoms with van der Waals surface area (Å²) in [5.74, 6) is -2.22. The van der Waals surface area contributed by atoms with Crippen LogP contribution < -0.4 is 4.74 Å². The molecular weight excluding hydrogens is 460 g/mol. The van der Waals surface area contributed by atoms with E-state index in [1.165, 1.54) is 5.56 Å². The smallest absolute Gasteiger partial charge is 0.343 e. The number of benzene rings is 3. The maximum absolute atomic E-state index is 14.5. The number of carbonyl (C=O) groups excluding carboxylic acids is 1. The van der Waals surface area contributed by atoms with E-state index in [9.17, 15) is 13.6 Å². The molecule has 0 unspecified atom stereocenters. The summed E-state index contributed by atoms with van der Waals surface area (Å²) in [5, 5.41) is 0. The zero-order valence-corrected chi connectivity index (χ0v) is 20.4. The minimum absolute atomic E-state index is 0.284. The van der Waals surface area contributed by atoms with Crippen LogP contribution in [0.3, 0.4) is 0 Å². The van der Waals surface area contributed by atoms with E-state index in [2.05, 4.69) is 47.0 Å². The summed E-state index contributed by atoms with van der Waals surface area (Å²) < 4.78 is 39.6. The second-order valence-electron chi connectivity index (χ2n) is 9.43. The molecule has 1 aliphatic rings. The molecule has 0 radical (unpaired) electrons. The Labute approximate surface area is 208 Å². The molecule has 0 bridgehead atoms. The van der Waals surface area contributed by atoms with Crippen LogP contribution in [0.4, 0.5) is 8.78 Å². The van der Waals surface area contributed by atoms with Gasteiger partial charge >= 0.3 is 5.97 Å². The summed E-state index contributed by atoms with van der Waals surface area (Å²) in [5.41, 5.74) is 5.64. The monoisotopic (exact) mass is 485 g/mol. The first kappa shape index (κ1) is 23.5. The van der Waals surface area contributed by atoms with Gasteiger partial charge in [0.05, 0.1) is 7.11 Å². The molecule has 4 aromatic rings. The molecule has 2 heterocycles. The number of carbonyl (C=O) groups is 1. The van der Waals surface area contributed by atoms with Crippen LogP contribution in [0.1, 0.15) is 40.9 Å². The number of fused-ring (bicyclic) bond motifs is 1. The predicted octanol–water partition coefficient (Wildman–Crippen LogP) is 7.32. The molecule has 0 saturated carbocycles. The van der Waals surface area contributed by atoms with E-state index < -0.39 is 28.8 Å². The lowest BCUT2D eigenvalue weighted by molar-refractivity contribution is 0.0590. The number of aromatic nitrogens is 1. The van der Waals surface area contributed by atoms with Gasteiger partial charge in [0, 0.05) is 22.5 Å². The lowest BCUT2D eigenvalue weighted by Gasteiger charge is -2.31. The van der Waals surface area contributed by atoms with E-state index in [0.717, 1.165) is 52.9 Å². The highest BCUT2D eigenvalue weighted by Gasteiger charge is 2.28. The Bertz CT molecular complexity index is 1490. The van der Waals surface area contributed by atoms with Gasteiger partial charge < -0.3 is 14.5 Å². The molecular formula is C30H25F2NO3. The lowest BCUT2D eigenvalue weighted by atomic mass is 9.88. The van der Waals surface area contributed by atoms with E-state index >= 15 is 0 Å². The summed E-state index contributed by atoms with van der Waals surface area (Å²) >= 11 is 0. The Kier molecular flexibility index (Phi) is 5.75. The van der Waals surface area contributed by atoms with Crippen molar-refractivity contribution in [1.29, 1.82) is 0 Å². The third kappa shape index (κ3) is 4.31. The van der Waals surface area contributed by atoms with E-state index in [4.69, 9.17) is 4.74 Å². The van der Waals surface area contributed by atoms with Crippen LogP contribution in [0.15, 0.2) is 72.8 Å². The van der Waals surface area contributed by atoms with Crippen molar-refractivity contribution in [2.75, 3.05) is 7.11 Å². The Morgan fingerprint density at radius 3 is 2.11 bits per heavy atom. The van der Waals surface area contributed by atoms with Crippen molar-refractivity contribution in [3.8, 4) is 28.3 Å². The van der Waals surface area contributed by atoms with Gasteiger partial charge in [-0.1, -0.05) is 29.8 Å². The van der Waals surface area contributed by atoms with Crippen LogP contribution in [0.25, 0.3) is 28.1 Å². The average molecular weight is 486 g/mol. The maximum atomic E-state index is 14.5. The summed E-state index contributed by atoms with van der Waals surface area (Å²) in [7, 11) is 1.08. The number of aromatic amines is 1. The molecule has 4 nitrogen and oxygen atoms in total. The van der Waals surface area contributed by atoms with Crippen molar-refractivity contribution in [2.24, 2.45) is 0 Å². The lowest BCUT2D eigenvalue weighted by Crippen LogP contribution is -2.29. The van der Waals surface area contributed by atoms with Crippen LogP contribution >= 0.6 is 0 Å². The number of halogens is 2. The number of ether oxygens (including phenoxy) is 2. The van der Waals surface area contributed by atoms with Crippen molar-refractivity contribution in [2.45, 2.75) is 26.4 Å². The Hall–Kier alpha value is -4.19. The number of nitrogens with one attached hydrogen (secondary N) is 1. The van der Waals surface area contributed by atoms with Crippen LogP contribution in [0, 0.1) is 18.6 Å². The fraction of sp³-hybridized carbons (Fsp3) is 0.167. The second-order valence-corrected chi connectivity index (χ2v) is 9.43. The van der Waals surface area contributed by atoms with E-state index in [0.29, 0.717) is 5.69 Å². The number of hydrogen-bond donors (Lipinski definition) is 1.